The van der Waals surface area contributed by atoms with Gasteiger partial charge in [-0.25, -0.2) is 9.82 Å². The van der Waals surface area contributed by atoms with Crippen molar-refractivity contribution < 1.29 is 18.7 Å². The summed E-state index contributed by atoms with van der Waals surface area (Å²) in [6, 6.07) is 11.9. The Morgan fingerprint density at radius 2 is 2.07 bits per heavy atom. The van der Waals surface area contributed by atoms with Gasteiger partial charge in [-0.05, 0) is 24.3 Å². The van der Waals surface area contributed by atoms with Gasteiger partial charge in [-0.1, -0.05) is 34.1 Å². The lowest BCUT2D eigenvalue weighted by molar-refractivity contribution is -0.123. The smallest absolute Gasteiger partial charge is 0.254 e. The Balaban J connectivity index is 1.59. The fourth-order valence-corrected chi connectivity index (χ4v) is 3.07. The zero-order valence-corrected chi connectivity index (χ0v) is 16.8. The number of nitrogens with zero attached hydrogens (tertiary/aromatic N) is 2. The molecule has 0 radical (unpaired) electrons. The molecule has 3 rings (SSSR count). The molecule has 0 atom stereocenters. The normalized spacial score (nSPS) is 14.9. The molecule has 6 nitrogen and oxygen atoms in total. The number of morpholine rings is 1. The van der Waals surface area contributed by atoms with Crippen LogP contribution in [0.5, 0.6) is 5.75 Å². The van der Waals surface area contributed by atoms with Gasteiger partial charge < -0.3 is 9.47 Å². The minimum absolute atomic E-state index is 0.0958. The number of hydrogen-bond acceptors (Lipinski definition) is 5. The van der Waals surface area contributed by atoms with Crippen LogP contribution in [0.15, 0.2) is 52.0 Å². The van der Waals surface area contributed by atoms with E-state index in [1.54, 1.807) is 24.3 Å². The highest BCUT2D eigenvalue weighted by Gasteiger charge is 2.13. The number of benzene rings is 2. The van der Waals surface area contributed by atoms with E-state index < -0.39 is 0 Å². The van der Waals surface area contributed by atoms with E-state index in [1.165, 1.54) is 12.3 Å². The van der Waals surface area contributed by atoms with Crippen molar-refractivity contribution in [2.45, 2.75) is 6.61 Å². The molecule has 1 aliphatic heterocycles. The molecule has 148 valence electrons. The van der Waals surface area contributed by atoms with Crippen molar-refractivity contribution in [1.29, 1.82) is 0 Å². The van der Waals surface area contributed by atoms with Gasteiger partial charge in [-0.3, -0.25) is 9.69 Å². The second-order valence-electron chi connectivity index (χ2n) is 6.24. The molecular weight excluding hydrogens is 429 g/mol. The summed E-state index contributed by atoms with van der Waals surface area (Å²) in [6.45, 7) is 3.11. The van der Waals surface area contributed by atoms with Crippen LogP contribution in [-0.4, -0.2) is 49.9 Å². The van der Waals surface area contributed by atoms with Gasteiger partial charge in [0.2, 0.25) is 0 Å². The van der Waals surface area contributed by atoms with E-state index in [4.69, 9.17) is 9.47 Å². The molecule has 8 heteroatoms. The van der Waals surface area contributed by atoms with E-state index in [0.29, 0.717) is 30.1 Å². The van der Waals surface area contributed by atoms with E-state index in [2.05, 4.69) is 26.5 Å². The predicted molar refractivity (Wildman–Crippen MR) is 108 cm³/mol. The van der Waals surface area contributed by atoms with Crippen LogP contribution < -0.4 is 10.2 Å². The Morgan fingerprint density at radius 3 is 2.86 bits per heavy atom. The SMILES string of the molecule is O=C(CN1CCOCC1)NN=Cc1cc(Br)ccc1OCc1ccccc1F. The quantitative estimate of drug-likeness (QED) is 0.521. The van der Waals surface area contributed by atoms with Crippen LogP contribution >= 0.6 is 15.9 Å². The van der Waals surface area contributed by atoms with Crippen molar-refractivity contribution in [1.82, 2.24) is 10.3 Å². The average Bonchev–Trinajstić information content (AvgIpc) is 2.69. The molecule has 1 heterocycles. The Morgan fingerprint density at radius 1 is 1.29 bits per heavy atom. The molecule has 0 saturated carbocycles. The highest BCUT2D eigenvalue weighted by atomic mass is 79.9. The summed E-state index contributed by atoms with van der Waals surface area (Å²) in [5.74, 6) is 0.0322. The van der Waals surface area contributed by atoms with Crippen molar-refractivity contribution >= 4 is 28.1 Å². The van der Waals surface area contributed by atoms with Crippen molar-refractivity contribution in [3.05, 3.63) is 63.9 Å². The predicted octanol–water partition coefficient (Wildman–Crippen LogP) is 2.95. The first-order valence-corrected chi connectivity index (χ1v) is 9.69. The number of rotatable bonds is 7. The molecule has 28 heavy (non-hydrogen) atoms. The summed E-state index contributed by atoms with van der Waals surface area (Å²) in [5, 5.41) is 4.02. The fourth-order valence-electron chi connectivity index (χ4n) is 2.69. The monoisotopic (exact) mass is 449 g/mol. The van der Waals surface area contributed by atoms with Crippen LogP contribution in [0.3, 0.4) is 0 Å². The van der Waals surface area contributed by atoms with Crippen LogP contribution in [0.4, 0.5) is 4.39 Å². The summed E-state index contributed by atoms with van der Waals surface area (Å²) < 4.78 is 25.6. The lowest BCUT2D eigenvalue weighted by atomic mass is 10.2. The standard InChI is InChI=1S/C20H21BrFN3O3/c21-17-5-6-19(28-14-15-3-1-2-4-18(15)22)16(11-17)12-23-24-20(26)13-25-7-9-27-10-8-25/h1-6,11-12H,7-10,13-14H2,(H,24,26). The van der Waals surface area contributed by atoms with Crippen LogP contribution in [0, 0.1) is 5.82 Å². The average molecular weight is 450 g/mol. The van der Waals surface area contributed by atoms with Gasteiger partial charge >= 0.3 is 0 Å². The highest BCUT2D eigenvalue weighted by Crippen LogP contribution is 2.23. The molecule has 1 fully saturated rings. The van der Waals surface area contributed by atoms with Gasteiger partial charge in [0, 0.05) is 28.7 Å². The first-order chi connectivity index (χ1) is 13.6. The van der Waals surface area contributed by atoms with Gasteiger partial charge in [0.05, 0.1) is 26.0 Å². The van der Waals surface area contributed by atoms with Crippen LogP contribution in [-0.2, 0) is 16.1 Å². The molecular formula is C20H21BrFN3O3. The number of nitrogens with one attached hydrogen (secondary N) is 1. The molecule has 1 N–H and O–H groups in total. The molecule has 1 saturated heterocycles. The number of carbonyl (C=O) groups is 1. The first-order valence-electron chi connectivity index (χ1n) is 8.89. The molecule has 0 aromatic heterocycles. The summed E-state index contributed by atoms with van der Waals surface area (Å²) in [4.78, 5) is 14.0. The largest absolute Gasteiger partial charge is 0.488 e. The van der Waals surface area contributed by atoms with Gasteiger partial charge in [0.15, 0.2) is 0 Å². The fraction of sp³-hybridized carbons (Fsp3) is 0.300. The van der Waals surface area contributed by atoms with E-state index in [-0.39, 0.29) is 24.9 Å². The van der Waals surface area contributed by atoms with Gasteiger partial charge in [-0.2, -0.15) is 5.10 Å². The lowest BCUT2D eigenvalue weighted by Crippen LogP contribution is -2.42. The second kappa shape index (κ2) is 10.3. The zero-order valence-electron chi connectivity index (χ0n) is 15.2. The van der Waals surface area contributed by atoms with Crippen molar-refractivity contribution in [3.63, 3.8) is 0 Å². The molecule has 0 spiro atoms. The molecule has 2 aromatic carbocycles. The number of hydrogen-bond donors (Lipinski definition) is 1. The Kier molecular flexibility index (Phi) is 7.53. The number of hydrazone groups is 1. The van der Waals surface area contributed by atoms with E-state index >= 15 is 0 Å². The Bertz CT molecular complexity index is 841. The minimum atomic E-state index is -0.315. The van der Waals surface area contributed by atoms with Crippen molar-refractivity contribution in [2.24, 2.45) is 5.10 Å². The molecule has 1 aliphatic rings. The molecule has 1 amide bonds. The summed E-state index contributed by atoms with van der Waals surface area (Å²) in [7, 11) is 0. The third-order valence-electron chi connectivity index (χ3n) is 4.18. The summed E-state index contributed by atoms with van der Waals surface area (Å²) in [5.41, 5.74) is 3.65. The van der Waals surface area contributed by atoms with Gasteiger partial charge in [0.25, 0.3) is 5.91 Å². The number of ether oxygens (including phenoxy) is 2. The van der Waals surface area contributed by atoms with Crippen LogP contribution in [0.25, 0.3) is 0 Å². The van der Waals surface area contributed by atoms with Gasteiger partial charge in [0.1, 0.15) is 18.2 Å². The molecule has 2 aromatic rings. The van der Waals surface area contributed by atoms with E-state index in [0.717, 1.165) is 17.6 Å². The molecule has 0 unspecified atom stereocenters. The molecule has 0 aliphatic carbocycles. The topological polar surface area (TPSA) is 63.2 Å². The number of halogens is 2. The van der Waals surface area contributed by atoms with Crippen LogP contribution in [0.1, 0.15) is 11.1 Å². The van der Waals surface area contributed by atoms with Crippen LogP contribution in [0.2, 0.25) is 0 Å². The summed E-state index contributed by atoms with van der Waals surface area (Å²) in [6.07, 6.45) is 1.51. The van der Waals surface area contributed by atoms with E-state index in [9.17, 15) is 9.18 Å². The second-order valence-corrected chi connectivity index (χ2v) is 7.16. The van der Waals surface area contributed by atoms with Crippen molar-refractivity contribution in [3.8, 4) is 5.75 Å². The maximum Gasteiger partial charge on any atom is 0.254 e. The van der Waals surface area contributed by atoms with Gasteiger partial charge in [-0.15, -0.1) is 0 Å². The third-order valence-corrected chi connectivity index (χ3v) is 4.67. The summed E-state index contributed by atoms with van der Waals surface area (Å²) >= 11 is 3.41. The maximum atomic E-state index is 13.8. The molecule has 0 bridgehead atoms. The Labute approximate surface area is 171 Å². The van der Waals surface area contributed by atoms with E-state index in [1.807, 2.05) is 17.0 Å². The third kappa shape index (κ3) is 6.12. The number of amides is 1. The first kappa shape index (κ1) is 20.4. The maximum absolute atomic E-state index is 13.8. The minimum Gasteiger partial charge on any atom is -0.488 e. The lowest BCUT2D eigenvalue weighted by Gasteiger charge is -2.25. The Hall–Kier alpha value is -2.29. The zero-order chi connectivity index (χ0) is 19.8. The number of carbonyl (C=O) groups excluding carboxylic acids is 1. The van der Waals surface area contributed by atoms with Crippen molar-refractivity contribution in [2.75, 3.05) is 32.8 Å². The highest BCUT2D eigenvalue weighted by molar-refractivity contribution is 9.10.